The molecule has 1 atom stereocenters. The highest BCUT2D eigenvalue weighted by atomic mass is 32.2. The van der Waals surface area contributed by atoms with E-state index in [0.717, 1.165) is 18.7 Å². The molecule has 1 N–H and O–H groups in total. The largest absolute Gasteiger partial charge is 0.313 e. The first-order valence-corrected chi connectivity index (χ1v) is 6.71. The molecule has 1 aliphatic heterocycles. The number of nitrogens with zero attached hydrogens (tertiary/aromatic N) is 2. The van der Waals surface area contributed by atoms with E-state index < -0.39 is 0 Å². The van der Waals surface area contributed by atoms with Gasteiger partial charge in [0.05, 0.1) is 4.92 Å². The predicted molar refractivity (Wildman–Crippen MR) is 67.3 cm³/mol. The quantitative estimate of drug-likeness (QED) is 0.506. The summed E-state index contributed by atoms with van der Waals surface area (Å²) >= 11 is 1.47. The molecule has 1 aliphatic rings. The summed E-state index contributed by atoms with van der Waals surface area (Å²) in [4.78, 5) is 14.5. The first-order chi connectivity index (χ1) is 8.27. The fourth-order valence-electron chi connectivity index (χ4n) is 1.88. The summed E-state index contributed by atoms with van der Waals surface area (Å²) in [6.07, 6.45) is 5.21. The van der Waals surface area contributed by atoms with E-state index in [9.17, 15) is 10.1 Å². The highest BCUT2D eigenvalue weighted by Crippen LogP contribution is 2.27. The minimum Gasteiger partial charge on any atom is -0.313 e. The average molecular weight is 253 g/mol. The van der Waals surface area contributed by atoms with Crippen molar-refractivity contribution >= 4 is 17.4 Å². The summed E-state index contributed by atoms with van der Waals surface area (Å²) in [6.45, 7) is 1.05. The van der Waals surface area contributed by atoms with Gasteiger partial charge in [-0.3, -0.25) is 10.1 Å². The number of hydrogen-bond acceptors (Lipinski definition) is 5. The number of piperidine rings is 1. The maximum atomic E-state index is 10.8. The Morgan fingerprint density at radius 1 is 1.59 bits per heavy atom. The van der Waals surface area contributed by atoms with E-state index >= 15 is 0 Å². The lowest BCUT2D eigenvalue weighted by molar-refractivity contribution is -0.388. The minimum absolute atomic E-state index is 0.105. The molecule has 0 radical (unpaired) electrons. The molecule has 0 saturated carbocycles. The highest BCUT2D eigenvalue weighted by Gasteiger charge is 2.18. The Morgan fingerprint density at radius 3 is 3.18 bits per heavy atom. The van der Waals surface area contributed by atoms with E-state index in [2.05, 4.69) is 10.3 Å². The highest BCUT2D eigenvalue weighted by molar-refractivity contribution is 7.99. The van der Waals surface area contributed by atoms with Crippen LogP contribution in [-0.4, -0.2) is 28.2 Å². The molecule has 1 fully saturated rings. The summed E-state index contributed by atoms with van der Waals surface area (Å²) in [5.74, 6) is 0.845. The van der Waals surface area contributed by atoms with E-state index in [1.807, 2.05) is 0 Å². The Morgan fingerprint density at radius 2 is 2.47 bits per heavy atom. The van der Waals surface area contributed by atoms with Crippen LogP contribution < -0.4 is 5.32 Å². The van der Waals surface area contributed by atoms with Crippen molar-refractivity contribution in [3.8, 4) is 0 Å². The van der Waals surface area contributed by atoms with Gasteiger partial charge in [0.1, 0.15) is 0 Å². The molecule has 17 heavy (non-hydrogen) atoms. The molecule has 1 aromatic rings. The molecule has 5 nitrogen and oxygen atoms in total. The number of rotatable bonds is 4. The lowest BCUT2D eigenvalue weighted by Crippen LogP contribution is -2.35. The van der Waals surface area contributed by atoms with Gasteiger partial charge >= 0.3 is 5.69 Å². The van der Waals surface area contributed by atoms with Crippen LogP contribution in [-0.2, 0) is 0 Å². The standard InChI is InChI=1S/C11H15N3O2S/c15-14(16)10-5-3-7-13-11(10)17-8-9-4-1-2-6-12-9/h3,5,7,9,12H,1-2,4,6,8H2/t9-/m1/s1. The first kappa shape index (κ1) is 12.3. The van der Waals surface area contributed by atoms with E-state index in [0.29, 0.717) is 11.1 Å². The maximum Gasteiger partial charge on any atom is 0.301 e. The van der Waals surface area contributed by atoms with E-state index in [-0.39, 0.29) is 10.6 Å². The molecule has 6 heteroatoms. The SMILES string of the molecule is O=[N+]([O-])c1cccnc1SC[C@H]1CCCCN1. The summed E-state index contributed by atoms with van der Waals surface area (Å²) in [5.41, 5.74) is 0.105. The van der Waals surface area contributed by atoms with Gasteiger partial charge < -0.3 is 5.32 Å². The van der Waals surface area contributed by atoms with Crippen LogP contribution >= 0.6 is 11.8 Å². The summed E-state index contributed by atoms with van der Waals surface area (Å²) in [6, 6.07) is 3.56. The van der Waals surface area contributed by atoms with Crippen molar-refractivity contribution in [2.75, 3.05) is 12.3 Å². The van der Waals surface area contributed by atoms with Crippen molar-refractivity contribution < 1.29 is 4.92 Å². The first-order valence-electron chi connectivity index (χ1n) is 5.73. The summed E-state index contributed by atoms with van der Waals surface area (Å²) in [7, 11) is 0. The van der Waals surface area contributed by atoms with E-state index in [4.69, 9.17) is 0 Å². The normalized spacial score (nSPS) is 20.1. The van der Waals surface area contributed by atoms with Crippen LogP contribution in [0.3, 0.4) is 0 Å². The lowest BCUT2D eigenvalue weighted by Gasteiger charge is -2.22. The van der Waals surface area contributed by atoms with Gasteiger partial charge in [0, 0.05) is 24.1 Å². The Balaban J connectivity index is 1.96. The third-order valence-electron chi connectivity index (χ3n) is 2.78. The number of pyridine rings is 1. The molecule has 0 amide bonds. The lowest BCUT2D eigenvalue weighted by atomic mass is 10.1. The third kappa shape index (κ3) is 3.41. The van der Waals surface area contributed by atoms with Crippen LogP contribution in [0.2, 0.25) is 0 Å². The topological polar surface area (TPSA) is 68.1 Å². The number of hydrogen-bond donors (Lipinski definition) is 1. The molecule has 92 valence electrons. The Bertz CT molecular complexity index is 394. The van der Waals surface area contributed by atoms with Gasteiger partial charge in [-0.25, -0.2) is 4.98 Å². The van der Waals surface area contributed by atoms with E-state index in [1.165, 1.54) is 30.7 Å². The molecular weight excluding hydrogens is 238 g/mol. The molecule has 1 saturated heterocycles. The van der Waals surface area contributed by atoms with Gasteiger partial charge in [0.2, 0.25) is 0 Å². The zero-order chi connectivity index (χ0) is 12.1. The Kier molecular flexibility index (Phi) is 4.33. The zero-order valence-corrected chi connectivity index (χ0v) is 10.3. The number of aromatic nitrogens is 1. The monoisotopic (exact) mass is 253 g/mol. The van der Waals surface area contributed by atoms with Crippen molar-refractivity contribution in [2.45, 2.75) is 30.3 Å². The molecule has 2 heterocycles. The molecule has 0 aliphatic carbocycles. The number of thioether (sulfide) groups is 1. The molecule has 0 spiro atoms. The zero-order valence-electron chi connectivity index (χ0n) is 9.46. The second-order valence-corrected chi connectivity index (χ2v) is 5.05. The fraction of sp³-hybridized carbons (Fsp3) is 0.545. The molecule has 1 aromatic heterocycles. The van der Waals surface area contributed by atoms with Gasteiger partial charge in [0.15, 0.2) is 5.03 Å². The maximum absolute atomic E-state index is 10.8. The van der Waals surface area contributed by atoms with Crippen LogP contribution in [0.15, 0.2) is 23.4 Å². The Hall–Kier alpha value is -1.14. The molecule has 0 bridgehead atoms. The van der Waals surface area contributed by atoms with Crippen LogP contribution in [0, 0.1) is 10.1 Å². The van der Waals surface area contributed by atoms with Crippen molar-refractivity contribution in [1.29, 1.82) is 0 Å². The number of nitro groups is 1. The van der Waals surface area contributed by atoms with Crippen LogP contribution in [0.4, 0.5) is 5.69 Å². The summed E-state index contributed by atoms with van der Waals surface area (Å²) < 4.78 is 0. The van der Waals surface area contributed by atoms with Crippen LogP contribution in [0.5, 0.6) is 0 Å². The van der Waals surface area contributed by atoms with Gasteiger partial charge in [-0.1, -0.05) is 18.2 Å². The van der Waals surface area contributed by atoms with Crippen molar-refractivity contribution in [3.05, 3.63) is 28.4 Å². The second-order valence-electron chi connectivity index (χ2n) is 4.04. The molecule has 0 unspecified atom stereocenters. The van der Waals surface area contributed by atoms with Crippen molar-refractivity contribution in [1.82, 2.24) is 10.3 Å². The molecule has 2 rings (SSSR count). The van der Waals surface area contributed by atoms with Gasteiger partial charge in [0.25, 0.3) is 0 Å². The smallest absolute Gasteiger partial charge is 0.301 e. The van der Waals surface area contributed by atoms with Gasteiger partial charge in [-0.05, 0) is 25.5 Å². The second kappa shape index (κ2) is 5.97. The average Bonchev–Trinajstić information content (AvgIpc) is 2.38. The number of nitrogens with one attached hydrogen (secondary N) is 1. The summed E-state index contributed by atoms with van der Waals surface area (Å²) in [5, 5.41) is 14.7. The minimum atomic E-state index is -0.371. The fourth-order valence-corrected chi connectivity index (χ4v) is 2.95. The van der Waals surface area contributed by atoms with Crippen LogP contribution in [0.1, 0.15) is 19.3 Å². The third-order valence-corrected chi connectivity index (χ3v) is 3.94. The van der Waals surface area contributed by atoms with E-state index in [1.54, 1.807) is 12.3 Å². The molecule has 0 aromatic carbocycles. The Labute approximate surface area is 104 Å². The predicted octanol–water partition coefficient (Wildman–Crippen LogP) is 2.22. The van der Waals surface area contributed by atoms with Crippen molar-refractivity contribution in [2.24, 2.45) is 0 Å². The van der Waals surface area contributed by atoms with Crippen molar-refractivity contribution in [3.63, 3.8) is 0 Å². The van der Waals surface area contributed by atoms with Crippen LogP contribution in [0.25, 0.3) is 0 Å². The molecular formula is C11H15N3O2S. The van der Waals surface area contributed by atoms with Gasteiger partial charge in [-0.15, -0.1) is 0 Å². The van der Waals surface area contributed by atoms with Gasteiger partial charge in [-0.2, -0.15) is 0 Å².